The summed E-state index contributed by atoms with van der Waals surface area (Å²) in [6.07, 6.45) is 2.51. The Morgan fingerprint density at radius 2 is 1.81 bits per heavy atom. The molecule has 0 spiro atoms. The van der Waals surface area contributed by atoms with E-state index in [4.69, 9.17) is 14.2 Å². The Bertz CT molecular complexity index is 870. The van der Waals surface area contributed by atoms with E-state index >= 15 is 0 Å². The SMILES string of the molecule is CN=C(NCc1ccc2c(c1)OCO2)NCC(c1ccc(OC)cc1)N1CCCC1.I. The third-order valence-electron chi connectivity index (χ3n) is 5.67. The second-order valence-electron chi connectivity index (χ2n) is 7.53. The van der Waals surface area contributed by atoms with Crippen LogP contribution in [0.25, 0.3) is 0 Å². The van der Waals surface area contributed by atoms with E-state index in [0.717, 1.165) is 48.4 Å². The number of halogens is 1. The molecule has 2 aliphatic heterocycles. The maximum absolute atomic E-state index is 5.46. The van der Waals surface area contributed by atoms with Gasteiger partial charge in [-0.1, -0.05) is 18.2 Å². The minimum atomic E-state index is 0. The quantitative estimate of drug-likeness (QED) is 0.320. The van der Waals surface area contributed by atoms with Crippen LogP contribution in [-0.4, -0.2) is 51.4 Å². The monoisotopic (exact) mass is 538 g/mol. The lowest BCUT2D eigenvalue weighted by molar-refractivity contribution is 0.174. The average molecular weight is 538 g/mol. The van der Waals surface area contributed by atoms with Crippen molar-refractivity contribution in [2.75, 3.05) is 40.6 Å². The molecule has 1 atom stereocenters. The predicted molar refractivity (Wildman–Crippen MR) is 133 cm³/mol. The molecular formula is C23H31IN4O3. The van der Waals surface area contributed by atoms with Gasteiger partial charge in [-0.15, -0.1) is 24.0 Å². The molecule has 0 aromatic heterocycles. The summed E-state index contributed by atoms with van der Waals surface area (Å²) >= 11 is 0. The van der Waals surface area contributed by atoms with Crippen molar-refractivity contribution in [1.29, 1.82) is 0 Å². The molecule has 1 fully saturated rings. The second kappa shape index (κ2) is 11.4. The molecule has 0 aliphatic carbocycles. The summed E-state index contributed by atoms with van der Waals surface area (Å²) in [6.45, 7) is 3.99. The van der Waals surface area contributed by atoms with Gasteiger partial charge in [0.25, 0.3) is 0 Å². The van der Waals surface area contributed by atoms with Gasteiger partial charge in [-0.05, 0) is 61.3 Å². The van der Waals surface area contributed by atoms with Gasteiger partial charge in [-0.25, -0.2) is 0 Å². The highest BCUT2D eigenvalue weighted by atomic mass is 127. The van der Waals surface area contributed by atoms with Crippen molar-refractivity contribution in [3.63, 3.8) is 0 Å². The van der Waals surface area contributed by atoms with Crippen LogP contribution in [0.3, 0.4) is 0 Å². The number of aliphatic imine (C=N–C) groups is 1. The van der Waals surface area contributed by atoms with Gasteiger partial charge in [0.05, 0.1) is 13.2 Å². The summed E-state index contributed by atoms with van der Waals surface area (Å²) in [6, 6.07) is 14.7. The van der Waals surface area contributed by atoms with Gasteiger partial charge < -0.3 is 24.8 Å². The maximum Gasteiger partial charge on any atom is 0.231 e. The van der Waals surface area contributed by atoms with Crippen LogP contribution in [0, 0.1) is 0 Å². The van der Waals surface area contributed by atoms with Crippen LogP contribution < -0.4 is 24.8 Å². The lowest BCUT2D eigenvalue weighted by Crippen LogP contribution is -2.42. The molecule has 0 amide bonds. The van der Waals surface area contributed by atoms with E-state index in [-0.39, 0.29) is 24.0 Å². The zero-order chi connectivity index (χ0) is 20.8. The number of guanidine groups is 1. The minimum Gasteiger partial charge on any atom is -0.497 e. The lowest BCUT2D eigenvalue weighted by Gasteiger charge is -2.29. The van der Waals surface area contributed by atoms with Gasteiger partial charge in [-0.3, -0.25) is 9.89 Å². The van der Waals surface area contributed by atoms with Crippen LogP contribution in [0.15, 0.2) is 47.5 Å². The molecule has 1 saturated heterocycles. The number of nitrogens with zero attached hydrogens (tertiary/aromatic N) is 2. The molecule has 1 unspecified atom stereocenters. The van der Waals surface area contributed by atoms with Gasteiger partial charge in [0.1, 0.15) is 5.75 Å². The number of hydrogen-bond donors (Lipinski definition) is 2. The molecule has 2 aliphatic rings. The first-order valence-electron chi connectivity index (χ1n) is 10.5. The fourth-order valence-corrected chi connectivity index (χ4v) is 3.99. The third-order valence-corrected chi connectivity index (χ3v) is 5.67. The Morgan fingerprint density at radius 3 is 2.52 bits per heavy atom. The maximum atomic E-state index is 5.46. The summed E-state index contributed by atoms with van der Waals surface area (Å²) < 4.78 is 16.2. The minimum absolute atomic E-state index is 0. The van der Waals surface area contributed by atoms with Gasteiger partial charge in [0.2, 0.25) is 6.79 Å². The molecule has 8 heteroatoms. The van der Waals surface area contributed by atoms with Crippen molar-refractivity contribution in [2.24, 2.45) is 4.99 Å². The molecule has 2 N–H and O–H groups in total. The predicted octanol–water partition coefficient (Wildman–Crippen LogP) is 3.54. The van der Waals surface area contributed by atoms with Crippen molar-refractivity contribution < 1.29 is 14.2 Å². The van der Waals surface area contributed by atoms with Crippen molar-refractivity contribution in [3.8, 4) is 17.2 Å². The summed E-state index contributed by atoms with van der Waals surface area (Å²) in [5.74, 6) is 3.26. The Balaban J connectivity index is 0.00000272. The van der Waals surface area contributed by atoms with Crippen molar-refractivity contribution in [1.82, 2.24) is 15.5 Å². The van der Waals surface area contributed by atoms with Crippen molar-refractivity contribution >= 4 is 29.9 Å². The van der Waals surface area contributed by atoms with Gasteiger partial charge in [0, 0.05) is 20.1 Å². The van der Waals surface area contributed by atoms with E-state index in [1.165, 1.54) is 18.4 Å². The highest BCUT2D eigenvalue weighted by Crippen LogP contribution is 2.32. The van der Waals surface area contributed by atoms with Gasteiger partial charge >= 0.3 is 0 Å². The van der Waals surface area contributed by atoms with E-state index in [9.17, 15) is 0 Å². The topological polar surface area (TPSA) is 67.4 Å². The first-order valence-corrected chi connectivity index (χ1v) is 10.5. The zero-order valence-electron chi connectivity index (χ0n) is 18.1. The normalized spacial score (nSPS) is 16.5. The standard InChI is InChI=1S/C23H30N4O3.HI/c1-24-23(25-14-17-5-10-21-22(13-17)30-16-29-21)26-15-20(27-11-3-4-12-27)18-6-8-19(28-2)9-7-18;/h5-10,13,20H,3-4,11-12,14-16H2,1-2H3,(H2,24,25,26);1H. The molecule has 4 rings (SSSR count). The fourth-order valence-electron chi connectivity index (χ4n) is 3.99. The average Bonchev–Trinajstić information content (AvgIpc) is 3.48. The fraction of sp³-hybridized carbons (Fsp3) is 0.435. The van der Waals surface area contributed by atoms with Crippen molar-refractivity contribution in [2.45, 2.75) is 25.4 Å². The molecule has 2 aromatic carbocycles. The third kappa shape index (κ3) is 5.94. The van der Waals surface area contributed by atoms with Crippen LogP contribution >= 0.6 is 24.0 Å². The van der Waals surface area contributed by atoms with Crippen LogP contribution in [0.1, 0.15) is 30.0 Å². The van der Waals surface area contributed by atoms with Gasteiger partial charge in [-0.2, -0.15) is 0 Å². The number of likely N-dealkylation sites (tertiary alicyclic amines) is 1. The first kappa shape index (κ1) is 23.5. The number of rotatable bonds is 7. The summed E-state index contributed by atoms with van der Waals surface area (Å²) in [7, 11) is 3.50. The molecule has 2 aromatic rings. The summed E-state index contributed by atoms with van der Waals surface area (Å²) in [5.41, 5.74) is 2.41. The summed E-state index contributed by atoms with van der Waals surface area (Å²) in [4.78, 5) is 6.94. The van der Waals surface area contributed by atoms with E-state index in [2.05, 4.69) is 32.7 Å². The Morgan fingerprint density at radius 1 is 1.06 bits per heavy atom. The largest absolute Gasteiger partial charge is 0.497 e. The van der Waals surface area contributed by atoms with Crippen LogP contribution in [-0.2, 0) is 6.54 Å². The second-order valence-corrected chi connectivity index (χ2v) is 7.53. The highest BCUT2D eigenvalue weighted by Gasteiger charge is 2.23. The Hall–Kier alpha value is -2.20. The molecule has 2 heterocycles. The molecule has 7 nitrogen and oxygen atoms in total. The van der Waals surface area contributed by atoms with Crippen LogP contribution in [0.4, 0.5) is 0 Å². The van der Waals surface area contributed by atoms with Crippen LogP contribution in [0.5, 0.6) is 17.2 Å². The smallest absolute Gasteiger partial charge is 0.231 e. The van der Waals surface area contributed by atoms with E-state index in [1.807, 2.05) is 30.3 Å². The van der Waals surface area contributed by atoms with E-state index < -0.39 is 0 Å². The molecule has 0 saturated carbocycles. The molecule has 168 valence electrons. The lowest BCUT2D eigenvalue weighted by atomic mass is 10.1. The number of benzene rings is 2. The number of ether oxygens (including phenoxy) is 3. The number of fused-ring (bicyclic) bond motifs is 1. The van der Waals surface area contributed by atoms with Gasteiger partial charge in [0.15, 0.2) is 17.5 Å². The van der Waals surface area contributed by atoms with E-state index in [1.54, 1.807) is 14.2 Å². The summed E-state index contributed by atoms with van der Waals surface area (Å²) in [5, 5.41) is 6.90. The molecule has 31 heavy (non-hydrogen) atoms. The van der Waals surface area contributed by atoms with E-state index in [0.29, 0.717) is 19.4 Å². The molecular weight excluding hydrogens is 507 g/mol. The first-order chi connectivity index (χ1) is 14.8. The zero-order valence-corrected chi connectivity index (χ0v) is 20.4. The Labute approximate surface area is 201 Å². The van der Waals surface area contributed by atoms with Crippen molar-refractivity contribution in [3.05, 3.63) is 53.6 Å². The number of hydrogen-bond acceptors (Lipinski definition) is 5. The molecule has 0 bridgehead atoms. The Kier molecular flexibility index (Phi) is 8.65. The molecule has 0 radical (unpaired) electrons. The van der Waals surface area contributed by atoms with Crippen LogP contribution in [0.2, 0.25) is 0 Å². The highest BCUT2D eigenvalue weighted by molar-refractivity contribution is 14.0. The number of methoxy groups -OCH3 is 1. The number of nitrogens with one attached hydrogen (secondary N) is 2.